The Morgan fingerprint density at radius 3 is 2.63 bits per heavy atom. The first-order valence-electron chi connectivity index (χ1n) is 10.2. The summed E-state index contributed by atoms with van der Waals surface area (Å²) >= 11 is 0. The van der Waals surface area contributed by atoms with Gasteiger partial charge in [-0.1, -0.05) is 48.5 Å². The van der Waals surface area contributed by atoms with Gasteiger partial charge in [-0.05, 0) is 23.6 Å². The molecule has 152 valence electrons. The van der Waals surface area contributed by atoms with Crippen LogP contribution >= 0.6 is 0 Å². The third-order valence-corrected chi connectivity index (χ3v) is 5.94. The summed E-state index contributed by atoms with van der Waals surface area (Å²) in [4.78, 5) is 31.0. The molecule has 0 amide bonds. The van der Waals surface area contributed by atoms with Crippen LogP contribution < -0.4 is 16.6 Å². The molecule has 1 aliphatic heterocycles. The molecule has 0 fully saturated rings. The number of quaternary nitrogens is 1. The standard InChI is InChI=1S/C23H22N4O3/c28-21-18(20-19-16(10-12-24-20)15-8-4-5-9-17(15)25-19)22(29)27(23(30)26-21)13-11-14-6-2-1-3-7-14/h1-9,20,24-25,29H,10-13H2,(H,26,28,30)/p+1/t20-/m1/s1. The second kappa shape index (κ2) is 7.35. The van der Waals surface area contributed by atoms with E-state index in [1.165, 1.54) is 10.1 Å². The third kappa shape index (κ3) is 3.04. The molecule has 5 N–H and O–H groups in total. The summed E-state index contributed by atoms with van der Waals surface area (Å²) in [5.41, 5.74) is 3.23. The highest BCUT2D eigenvalue weighted by Gasteiger charge is 2.34. The number of benzene rings is 2. The Morgan fingerprint density at radius 2 is 1.80 bits per heavy atom. The van der Waals surface area contributed by atoms with Crippen LogP contribution in [0.4, 0.5) is 0 Å². The molecule has 4 aromatic rings. The van der Waals surface area contributed by atoms with Gasteiger partial charge in [-0.2, -0.15) is 0 Å². The molecule has 0 spiro atoms. The normalized spacial score (nSPS) is 15.9. The monoisotopic (exact) mass is 403 g/mol. The molecule has 7 nitrogen and oxygen atoms in total. The molecule has 2 aromatic heterocycles. The second-order valence-electron chi connectivity index (χ2n) is 7.70. The van der Waals surface area contributed by atoms with Gasteiger partial charge in [-0.25, -0.2) is 4.79 Å². The minimum absolute atomic E-state index is 0.218. The van der Waals surface area contributed by atoms with E-state index >= 15 is 0 Å². The Morgan fingerprint density at radius 1 is 1.03 bits per heavy atom. The number of H-pyrrole nitrogens is 2. The van der Waals surface area contributed by atoms with Gasteiger partial charge in [0.25, 0.3) is 5.56 Å². The lowest BCUT2D eigenvalue weighted by Gasteiger charge is -2.22. The molecule has 30 heavy (non-hydrogen) atoms. The first kappa shape index (κ1) is 18.4. The van der Waals surface area contributed by atoms with Crippen molar-refractivity contribution in [3.8, 4) is 5.88 Å². The molecule has 3 heterocycles. The summed E-state index contributed by atoms with van der Waals surface area (Å²) < 4.78 is 1.26. The van der Waals surface area contributed by atoms with Crippen molar-refractivity contribution >= 4 is 10.9 Å². The van der Waals surface area contributed by atoms with Crippen LogP contribution in [0.1, 0.15) is 28.4 Å². The quantitative estimate of drug-likeness (QED) is 0.411. The zero-order valence-electron chi connectivity index (χ0n) is 16.4. The molecule has 0 unspecified atom stereocenters. The first-order valence-corrected chi connectivity index (χ1v) is 10.2. The Hall–Kier alpha value is -3.58. The summed E-state index contributed by atoms with van der Waals surface area (Å²) in [7, 11) is 0. The fraction of sp³-hybridized carbons (Fsp3) is 0.217. The number of aromatic amines is 2. The number of aryl methyl sites for hydroxylation is 1. The number of hydrogen-bond acceptors (Lipinski definition) is 3. The van der Waals surface area contributed by atoms with E-state index in [2.05, 4.69) is 16.0 Å². The van der Waals surface area contributed by atoms with E-state index in [-0.39, 0.29) is 18.0 Å². The SMILES string of the molecule is O=c1[nH]c(=O)n(CCc2ccccc2)c(O)c1[C@H]1[NH2+]CCc2c1[nH]c1ccccc21. The summed E-state index contributed by atoms with van der Waals surface area (Å²) in [5, 5.41) is 14.2. The lowest BCUT2D eigenvalue weighted by molar-refractivity contribution is -0.690. The van der Waals surface area contributed by atoms with Crippen molar-refractivity contribution in [1.82, 2.24) is 14.5 Å². The van der Waals surface area contributed by atoms with Crippen molar-refractivity contribution in [3.63, 3.8) is 0 Å². The Balaban J connectivity index is 1.59. The van der Waals surface area contributed by atoms with Gasteiger partial charge in [0.05, 0.1) is 12.2 Å². The van der Waals surface area contributed by atoms with E-state index in [0.717, 1.165) is 35.1 Å². The smallest absolute Gasteiger partial charge is 0.331 e. The maximum absolute atomic E-state index is 12.7. The Labute approximate surface area is 172 Å². The molecule has 0 radical (unpaired) electrons. The van der Waals surface area contributed by atoms with E-state index < -0.39 is 17.3 Å². The van der Waals surface area contributed by atoms with Crippen LogP contribution in [0.25, 0.3) is 10.9 Å². The van der Waals surface area contributed by atoms with Crippen molar-refractivity contribution < 1.29 is 10.4 Å². The van der Waals surface area contributed by atoms with Gasteiger partial charge in [-0.15, -0.1) is 0 Å². The van der Waals surface area contributed by atoms with E-state index in [4.69, 9.17) is 0 Å². The molecule has 0 saturated carbocycles. The van der Waals surface area contributed by atoms with Crippen molar-refractivity contribution in [2.24, 2.45) is 0 Å². The molecule has 0 aliphatic carbocycles. The fourth-order valence-electron chi connectivity index (χ4n) is 4.48. The number of nitrogens with zero attached hydrogens (tertiary/aromatic N) is 1. The molecule has 2 aromatic carbocycles. The summed E-state index contributed by atoms with van der Waals surface area (Å²) in [6.07, 6.45) is 1.45. The van der Waals surface area contributed by atoms with Crippen molar-refractivity contribution in [2.75, 3.05) is 6.54 Å². The minimum Gasteiger partial charge on any atom is -0.494 e. The number of nitrogens with two attached hydrogens (primary N) is 1. The van der Waals surface area contributed by atoms with Crippen LogP contribution in [0.3, 0.4) is 0 Å². The minimum atomic E-state index is -0.593. The van der Waals surface area contributed by atoms with E-state index in [1.54, 1.807) is 0 Å². The molecular formula is C23H23N4O3+. The molecule has 0 saturated heterocycles. The average Bonchev–Trinajstić information content (AvgIpc) is 3.14. The van der Waals surface area contributed by atoms with Gasteiger partial charge in [-0.3, -0.25) is 14.3 Å². The fourth-order valence-corrected chi connectivity index (χ4v) is 4.48. The zero-order valence-corrected chi connectivity index (χ0v) is 16.4. The topological polar surface area (TPSA) is 107 Å². The van der Waals surface area contributed by atoms with Gasteiger partial charge in [0.2, 0.25) is 5.88 Å². The number of rotatable bonds is 4. The highest BCUT2D eigenvalue weighted by atomic mass is 16.3. The first-order chi connectivity index (χ1) is 14.6. The third-order valence-electron chi connectivity index (χ3n) is 5.94. The molecule has 0 bridgehead atoms. The highest BCUT2D eigenvalue weighted by Crippen LogP contribution is 2.31. The summed E-state index contributed by atoms with van der Waals surface area (Å²) in [6, 6.07) is 17.4. The van der Waals surface area contributed by atoms with Crippen molar-refractivity contribution in [2.45, 2.75) is 25.4 Å². The van der Waals surface area contributed by atoms with Crippen LogP contribution in [0.15, 0.2) is 64.2 Å². The van der Waals surface area contributed by atoms with E-state index in [9.17, 15) is 14.7 Å². The number of aromatic hydroxyl groups is 1. The second-order valence-corrected chi connectivity index (χ2v) is 7.70. The zero-order chi connectivity index (χ0) is 20.7. The van der Waals surface area contributed by atoms with Crippen LogP contribution in [-0.4, -0.2) is 26.2 Å². The number of para-hydroxylation sites is 1. The Bertz CT molecular complexity index is 1330. The molecule has 5 rings (SSSR count). The maximum Gasteiger partial charge on any atom is 0.331 e. The van der Waals surface area contributed by atoms with Crippen LogP contribution in [-0.2, 0) is 19.4 Å². The van der Waals surface area contributed by atoms with Gasteiger partial charge in [0, 0.05) is 23.9 Å². The van der Waals surface area contributed by atoms with Crippen LogP contribution in [0, 0.1) is 0 Å². The van der Waals surface area contributed by atoms with E-state index in [1.807, 2.05) is 53.8 Å². The predicted molar refractivity (Wildman–Crippen MR) is 114 cm³/mol. The van der Waals surface area contributed by atoms with Gasteiger partial charge in [0.1, 0.15) is 5.56 Å². The van der Waals surface area contributed by atoms with Gasteiger partial charge >= 0.3 is 5.69 Å². The maximum atomic E-state index is 12.7. The van der Waals surface area contributed by atoms with Crippen LogP contribution in [0.5, 0.6) is 5.88 Å². The largest absolute Gasteiger partial charge is 0.494 e. The summed E-state index contributed by atoms with van der Waals surface area (Å²) in [6.45, 7) is 1.08. The summed E-state index contributed by atoms with van der Waals surface area (Å²) in [5.74, 6) is -0.257. The van der Waals surface area contributed by atoms with Crippen LogP contribution in [0.2, 0.25) is 0 Å². The molecule has 1 aliphatic rings. The van der Waals surface area contributed by atoms with E-state index in [0.29, 0.717) is 6.42 Å². The average molecular weight is 403 g/mol. The molecule has 7 heteroatoms. The number of aromatic nitrogens is 3. The highest BCUT2D eigenvalue weighted by molar-refractivity contribution is 5.85. The number of fused-ring (bicyclic) bond motifs is 3. The Kier molecular flexibility index (Phi) is 4.52. The van der Waals surface area contributed by atoms with Crippen molar-refractivity contribution in [1.29, 1.82) is 0 Å². The van der Waals surface area contributed by atoms with Gasteiger partial charge in [0.15, 0.2) is 6.04 Å². The molecule has 1 atom stereocenters. The molecular weight excluding hydrogens is 380 g/mol. The van der Waals surface area contributed by atoms with Crippen molar-refractivity contribution in [3.05, 3.63) is 97.8 Å². The lowest BCUT2D eigenvalue weighted by Crippen LogP contribution is -2.87. The number of hydrogen-bond donors (Lipinski definition) is 4. The van der Waals surface area contributed by atoms with Gasteiger partial charge < -0.3 is 15.4 Å². The predicted octanol–water partition coefficient (Wildman–Crippen LogP) is 1.18. The lowest BCUT2D eigenvalue weighted by atomic mass is 9.95. The number of nitrogens with one attached hydrogen (secondary N) is 2.